The normalized spacial score (nSPS) is 11.3. The van der Waals surface area contributed by atoms with E-state index in [1.54, 1.807) is 12.4 Å². The summed E-state index contributed by atoms with van der Waals surface area (Å²) in [5.74, 6) is -0.0335. The number of pyridine rings is 1. The smallest absolute Gasteiger partial charge is 0.255 e. The van der Waals surface area contributed by atoms with Crippen LogP contribution in [0.25, 0.3) is 0 Å². The van der Waals surface area contributed by atoms with Gasteiger partial charge in [-0.05, 0) is 35.7 Å². The van der Waals surface area contributed by atoms with Crippen LogP contribution < -0.4 is 10.5 Å². The Morgan fingerprint density at radius 3 is 2.61 bits per heavy atom. The van der Waals surface area contributed by atoms with E-state index in [9.17, 15) is 4.79 Å². The van der Waals surface area contributed by atoms with Crippen molar-refractivity contribution < 1.29 is 4.79 Å². The summed E-state index contributed by atoms with van der Waals surface area (Å²) in [5, 5.41) is 4.26. The molecule has 0 saturated heterocycles. The second-order valence-electron chi connectivity index (χ2n) is 6.89. The van der Waals surface area contributed by atoms with E-state index >= 15 is 0 Å². The molecule has 0 radical (unpaired) electrons. The van der Waals surface area contributed by atoms with Crippen molar-refractivity contribution in [2.24, 2.45) is 0 Å². The quantitative estimate of drug-likeness (QED) is 0.808. The highest BCUT2D eigenvalue weighted by Crippen LogP contribution is 2.17. The maximum atomic E-state index is 12.8. The summed E-state index contributed by atoms with van der Waals surface area (Å²) >= 11 is 0. The van der Waals surface area contributed by atoms with Crippen molar-refractivity contribution in [1.29, 1.82) is 0 Å². The van der Waals surface area contributed by atoms with Gasteiger partial charge in [-0.1, -0.05) is 51.2 Å². The van der Waals surface area contributed by atoms with Gasteiger partial charge in [-0.3, -0.25) is 9.78 Å². The molecule has 0 bridgehead atoms. The fourth-order valence-corrected chi connectivity index (χ4v) is 4.25. The molecule has 0 aliphatic carbocycles. The molecule has 23 heavy (non-hydrogen) atoms. The van der Waals surface area contributed by atoms with E-state index in [0.717, 1.165) is 36.1 Å². The lowest BCUT2D eigenvalue weighted by molar-refractivity contribution is 0.102. The van der Waals surface area contributed by atoms with Gasteiger partial charge in [0.25, 0.3) is 5.91 Å². The molecule has 0 spiro atoms. The van der Waals surface area contributed by atoms with E-state index in [0.29, 0.717) is 0 Å². The number of aryl methyl sites for hydroxylation is 1. The molecule has 0 aliphatic heterocycles. The van der Waals surface area contributed by atoms with Gasteiger partial charge in [0.2, 0.25) is 0 Å². The number of aromatic nitrogens is 1. The van der Waals surface area contributed by atoms with E-state index in [4.69, 9.17) is 0 Å². The van der Waals surface area contributed by atoms with Crippen molar-refractivity contribution in [3.63, 3.8) is 0 Å². The third-order valence-corrected chi connectivity index (χ3v) is 5.99. The minimum absolute atomic E-state index is 0.0335. The highest BCUT2D eigenvalue weighted by molar-refractivity contribution is 6.89. The summed E-state index contributed by atoms with van der Waals surface area (Å²) in [5.41, 5.74) is 2.77. The predicted molar refractivity (Wildman–Crippen MR) is 100 cm³/mol. The first-order valence-corrected chi connectivity index (χ1v) is 11.8. The molecule has 0 atom stereocenters. The number of benzene rings is 1. The van der Waals surface area contributed by atoms with Crippen molar-refractivity contribution >= 4 is 24.9 Å². The number of rotatable bonds is 6. The van der Waals surface area contributed by atoms with Gasteiger partial charge in [0.05, 0.1) is 20.0 Å². The molecule has 4 heteroatoms. The zero-order valence-corrected chi connectivity index (χ0v) is 15.5. The Labute approximate surface area is 140 Å². The zero-order valence-electron chi connectivity index (χ0n) is 14.5. The average molecular weight is 327 g/mol. The van der Waals surface area contributed by atoms with Crippen LogP contribution in [0.5, 0.6) is 0 Å². The summed E-state index contributed by atoms with van der Waals surface area (Å²) in [6, 6.07) is 9.95. The van der Waals surface area contributed by atoms with Gasteiger partial charge in [0.1, 0.15) is 0 Å². The van der Waals surface area contributed by atoms with E-state index in [-0.39, 0.29) is 5.91 Å². The number of hydrogen-bond donors (Lipinski definition) is 1. The molecule has 2 rings (SSSR count). The van der Waals surface area contributed by atoms with Crippen LogP contribution in [-0.4, -0.2) is 19.0 Å². The molecule has 1 aromatic carbocycles. The lowest BCUT2D eigenvalue weighted by atomic mass is 10.1. The summed E-state index contributed by atoms with van der Waals surface area (Å²) in [7, 11) is -1.57. The first-order valence-electron chi connectivity index (χ1n) is 8.27. The van der Waals surface area contributed by atoms with Gasteiger partial charge < -0.3 is 5.32 Å². The van der Waals surface area contributed by atoms with Crippen molar-refractivity contribution in [2.45, 2.75) is 45.8 Å². The van der Waals surface area contributed by atoms with Crippen LogP contribution in [0.4, 0.5) is 5.69 Å². The molecule has 0 aliphatic rings. The first-order chi connectivity index (χ1) is 10.9. The number of anilines is 1. The van der Waals surface area contributed by atoms with E-state index in [1.165, 1.54) is 5.19 Å². The number of hydrogen-bond acceptors (Lipinski definition) is 2. The average Bonchev–Trinajstić information content (AvgIpc) is 2.53. The standard InChI is InChI=1S/C19H26N2OSi/c1-5-6-9-15-12-13-20-14-17(15)21-19(22)16-10-7-8-11-18(16)23(2,3)4/h7-8,10-14H,5-6,9H2,1-4H3,(H,21,22). The maximum absolute atomic E-state index is 12.8. The minimum atomic E-state index is -1.57. The molecule has 1 amide bonds. The molecular formula is C19H26N2OSi. The lowest BCUT2D eigenvalue weighted by Gasteiger charge is -2.20. The Hall–Kier alpha value is -1.94. The summed E-state index contributed by atoms with van der Waals surface area (Å²) in [6.07, 6.45) is 6.74. The van der Waals surface area contributed by atoms with Gasteiger partial charge in [-0.15, -0.1) is 0 Å². The van der Waals surface area contributed by atoms with E-state index in [2.05, 4.69) is 42.9 Å². The van der Waals surface area contributed by atoms with Crippen LogP contribution in [0.15, 0.2) is 42.7 Å². The number of amides is 1. The van der Waals surface area contributed by atoms with Crippen LogP contribution in [0, 0.1) is 0 Å². The van der Waals surface area contributed by atoms with Crippen molar-refractivity contribution in [3.8, 4) is 0 Å². The third kappa shape index (κ3) is 4.52. The Morgan fingerprint density at radius 2 is 1.91 bits per heavy atom. The van der Waals surface area contributed by atoms with Crippen LogP contribution >= 0.6 is 0 Å². The fourth-order valence-electron chi connectivity index (χ4n) is 2.65. The van der Waals surface area contributed by atoms with E-state index in [1.807, 2.05) is 24.3 Å². The minimum Gasteiger partial charge on any atom is -0.320 e. The van der Waals surface area contributed by atoms with Gasteiger partial charge in [-0.2, -0.15) is 0 Å². The van der Waals surface area contributed by atoms with Gasteiger partial charge >= 0.3 is 0 Å². The molecule has 0 unspecified atom stereocenters. The van der Waals surface area contributed by atoms with Crippen LogP contribution in [0.1, 0.15) is 35.7 Å². The summed E-state index contributed by atoms with van der Waals surface area (Å²) < 4.78 is 0. The molecule has 1 aromatic heterocycles. The van der Waals surface area contributed by atoms with Gasteiger partial charge in [-0.25, -0.2) is 0 Å². The fraction of sp³-hybridized carbons (Fsp3) is 0.368. The SMILES string of the molecule is CCCCc1ccncc1NC(=O)c1ccccc1[Si](C)(C)C. The number of nitrogens with zero attached hydrogens (tertiary/aromatic N) is 1. The van der Waals surface area contributed by atoms with Gasteiger partial charge in [0, 0.05) is 11.8 Å². The summed E-state index contributed by atoms with van der Waals surface area (Å²) in [4.78, 5) is 17.0. The number of carbonyl (C=O) groups excluding carboxylic acids is 1. The number of unbranched alkanes of at least 4 members (excludes halogenated alkanes) is 1. The van der Waals surface area contributed by atoms with Crippen LogP contribution in [-0.2, 0) is 6.42 Å². The second-order valence-corrected chi connectivity index (χ2v) is 11.9. The summed E-state index contributed by atoms with van der Waals surface area (Å²) in [6.45, 7) is 8.95. The molecule has 0 fully saturated rings. The lowest BCUT2D eigenvalue weighted by Crippen LogP contribution is -2.42. The molecule has 1 N–H and O–H groups in total. The Morgan fingerprint density at radius 1 is 1.17 bits per heavy atom. The van der Waals surface area contributed by atoms with Crippen molar-refractivity contribution in [1.82, 2.24) is 4.98 Å². The molecule has 2 aromatic rings. The first kappa shape index (κ1) is 17.4. The van der Waals surface area contributed by atoms with Crippen molar-refractivity contribution in [2.75, 3.05) is 5.32 Å². The molecule has 3 nitrogen and oxygen atoms in total. The van der Waals surface area contributed by atoms with Crippen molar-refractivity contribution in [3.05, 3.63) is 53.9 Å². The molecular weight excluding hydrogens is 300 g/mol. The Bertz CT molecular complexity index is 677. The van der Waals surface area contributed by atoms with Crippen LogP contribution in [0.3, 0.4) is 0 Å². The van der Waals surface area contributed by atoms with Crippen LogP contribution in [0.2, 0.25) is 19.6 Å². The Kier molecular flexibility index (Phi) is 5.72. The largest absolute Gasteiger partial charge is 0.320 e. The monoisotopic (exact) mass is 326 g/mol. The third-order valence-electron chi connectivity index (χ3n) is 3.94. The molecule has 1 heterocycles. The Balaban J connectivity index is 2.27. The molecule has 0 saturated carbocycles. The zero-order chi connectivity index (χ0) is 16.9. The van der Waals surface area contributed by atoms with E-state index < -0.39 is 8.07 Å². The predicted octanol–water partition coefficient (Wildman–Crippen LogP) is 4.22. The highest BCUT2D eigenvalue weighted by atomic mass is 28.3. The maximum Gasteiger partial charge on any atom is 0.255 e. The number of carbonyl (C=O) groups is 1. The molecule has 122 valence electrons. The topological polar surface area (TPSA) is 42.0 Å². The highest BCUT2D eigenvalue weighted by Gasteiger charge is 2.23. The second kappa shape index (κ2) is 7.55. The van der Waals surface area contributed by atoms with Gasteiger partial charge in [0.15, 0.2) is 0 Å². The number of nitrogens with one attached hydrogen (secondary N) is 1.